The Morgan fingerprint density at radius 1 is 1.62 bits per heavy atom. The van der Waals surface area contributed by atoms with Crippen molar-refractivity contribution in [1.82, 2.24) is 0 Å². The zero-order valence-corrected chi connectivity index (χ0v) is 9.54. The number of aromatic carboxylic acids is 1. The van der Waals surface area contributed by atoms with Gasteiger partial charge in [0, 0.05) is 19.2 Å². The third kappa shape index (κ3) is 2.77. The van der Waals surface area contributed by atoms with Gasteiger partial charge < -0.3 is 20.9 Å². The van der Waals surface area contributed by atoms with E-state index in [1.54, 1.807) is 6.07 Å². The van der Waals surface area contributed by atoms with Crippen molar-refractivity contribution in [3.8, 4) is 5.75 Å². The Kier molecular flexibility index (Phi) is 4.39. The highest BCUT2D eigenvalue weighted by Gasteiger charge is 2.14. The summed E-state index contributed by atoms with van der Waals surface area (Å²) < 4.78 is 4.97. The zero-order valence-electron chi connectivity index (χ0n) is 8.79. The highest BCUT2D eigenvalue weighted by molar-refractivity contribution is 6.33. The van der Waals surface area contributed by atoms with Gasteiger partial charge in [-0.3, -0.25) is 0 Å². The lowest BCUT2D eigenvalue weighted by molar-refractivity contribution is 0.0693. The Labute approximate surface area is 98.2 Å². The number of ether oxygens (including phenoxy) is 1. The van der Waals surface area contributed by atoms with Gasteiger partial charge >= 0.3 is 5.97 Å². The average Bonchev–Trinajstić information content (AvgIpc) is 2.26. The van der Waals surface area contributed by atoms with Crippen molar-refractivity contribution in [2.24, 2.45) is 5.73 Å². The summed E-state index contributed by atoms with van der Waals surface area (Å²) >= 11 is 5.92. The third-order valence-corrected chi connectivity index (χ3v) is 2.29. The topological polar surface area (TPSA) is 84.6 Å². The van der Waals surface area contributed by atoms with E-state index in [0.29, 0.717) is 23.8 Å². The van der Waals surface area contributed by atoms with Crippen LogP contribution in [0.4, 0.5) is 5.69 Å². The van der Waals surface area contributed by atoms with Gasteiger partial charge in [-0.1, -0.05) is 11.6 Å². The molecule has 0 fully saturated rings. The fourth-order valence-corrected chi connectivity index (χ4v) is 1.46. The molecule has 0 unspecified atom stereocenters. The maximum Gasteiger partial charge on any atom is 0.339 e. The number of carboxylic acids is 1. The fourth-order valence-electron chi connectivity index (χ4n) is 1.23. The van der Waals surface area contributed by atoms with Crippen LogP contribution in [0.1, 0.15) is 10.4 Å². The molecule has 1 rings (SSSR count). The molecule has 0 aliphatic rings. The Morgan fingerprint density at radius 3 is 2.81 bits per heavy atom. The highest BCUT2D eigenvalue weighted by Crippen LogP contribution is 2.30. The summed E-state index contributed by atoms with van der Waals surface area (Å²) in [5.41, 5.74) is 5.98. The largest absolute Gasteiger partial charge is 0.496 e. The summed E-state index contributed by atoms with van der Waals surface area (Å²) in [5, 5.41) is 12.2. The minimum atomic E-state index is -1.08. The van der Waals surface area contributed by atoms with Gasteiger partial charge in [0.1, 0.15) is 11.3 Å². The lowest BCUT2D eigenvalue weighted by atomic mass is 10.2. The van der Waals surface area contributed by atoms with Crippen LogP contribution in [-0.2, 0) is 0 Å². The molecule has 0 aromatic heterocycles. The van der Waals surface area contributed by atoms with Gasteiger partial charge in [-0.25, -0.2) is 4.79 Å². The van der Waals surface area contributed by atoms with Crippen LogP contribution in [0.5, 0.6) is 5.75 Å². The molecule has 0 spiro atoms. The standard InChI is InChI=1S/C10H13ClN2O3/c1-16-9-5-8(13-3-2-12)7(11)4-6(9)10(14)15/h4-5,13H,2-3,12H2,1H3,(H,14,15). The van der Waals surface area contributed by atoms with Crippen LogP contribution < -0.4 is 15.8 Å². The van der Waals surface area contributed by atoms with Crippen molar-refractivity contribution >= 4 is 23.3 Å². The van der Waals surface area contributed by atoms with Gasteiger partial charge in [0.15, 0.2) is 0 Å². The molecule has 6 heteroatoms. The number of carboxylic acid groups (broad SMARTS) is 1. The third-order valence-electron chi connectivity index (χ3n) is 1.98. The van der Waals surface area contributed by atoms with E-state index < -0.39 is 5.97 Å². The summed E-state index contributed by atoms with van der Waals surface area (Å²) in [6.07, 6.45) is 0. The molecule has 0 heterocycles. The van der Waals surface area contributed by atoms with Crippen molar-refractivity contribution in [2.45, 2.75) is 0 Å². The summed E-state index contributed by atoms with van der Waals surface area (Å²) in [6.45, 7) is 1.01. The Hall–Kier alpha value is -1.46. The van der Waals surface area contributed by atoms with Crippen molar-refractivity contribution in [3.63, 3.8) is 0 Å². The molecule has 0 radical (unpaired) electrons. The summed E-state index contributed by atoms with van der Waals surface area (Å²) in [5.74, 6) is -0.819. The molecule has 0 saturated carbocycles. The van der Waals surface area contributed by atoms with Crippen molar-refractivity contribution in [1.29, 1.82) is 0 Å². The van der Waals surface area contributed by atoms with E-state index in [1.165, 1.54) is 13.2 Å². The maximum atomic E-state index is 10.9. The van der Waals surface area contributed by atoms with Crippen molar-refractivity contribution < 1.29 is 14.6 Å². The second-order valence-corrected chi connectivity index (χ2v) is 3.46. The van der Waals surface area contributed by atoms with Gasteiger partial charge in [0.2, 0.25) is 0 Å². The minimum absolute atomic E-state index is 0.0331. The molecule has 0 amide bonds. The Bertz CT molecular complexity index is 396. The van der Waals surface area contributed by atoms with Crippen LogP contribution in [0.25, 0.3) is 0 Å². The lowest BCUT2D eigenvalue weighted by Gasteiger charge is -2.11. The Balaban J connectivity index is 3.10. The van der Waals surface area contributed by atoms with Crippen molar-refractivity contribution in [3.05, 3.63) is 22.7 Å². The molecule has 88 valence electrons. The van der Waals surface area contributed by atoms with E-state index in [-0.39, 0.29) is 11.3 Å². The molecule has 1 aromatic rings. The van der Waals surface area contributed by atoms with Crippen LogP contribution >= 0.6 is 11.6 Å². The lowest BCUT2D eigenvalue weighted by Crippen LogP contribution is -2.13. The molecular weight excluding hydrogens is 232 g/mol. The molecule has 0 aliphatic heterocycles. The number of benzene rings is 1. The molecule has 0 saturated heterocycles. The first kappa shape index (κ1) is 12.6. The average molecular weight is 245 g/mol. The number of halogens is 1. The number of hydrogen-bond acceptors (Lipinski definition) is 4. The first-order valence-electron chi connectivity index (χ1n) is 4.65. The van der Waals surface area contributed by atoms with Gasteiger partial charge in [-0.15, -0.1) is 0 Å². The fraction of sp³-hybridized carbons (Fsp3) is 0.300. The highest BCUT2D eigenvalue weighted by atomic mass is 35.5. The first-order valence-corrected chi connectivity index (χ1v) is 5.02. The quantitative estimate of drug-likeness (QED) is 0.729. The van der Waals surface area contributed by atoms with Gasteiger partial charge in [-0.2, -0.15) is 0 Å². The molecule has 0 atom stereocenters. The monoisotopic (exact) mass is 244 g/mol. The number of methoxy groups -OCH3 is 1. The number of carbonyl (C=O) groups is 1. The SMILES string of the molecule is COc1cc(NCCN)c(Cl)cc1C(=O)O. The predicted octanol–water partition coefficient (Wildman–Crippen LogP) is 1.42. The molecule has 0 aliphatic carbocycles. The normalized spacial score (nSPS) is 9.94. The molecule has 5 nitrogen and oxygen atoms in total. The molecule has 16 heavy (non-hydrogen) atoms. The second-order valence-electron chi connectivity index (χ2n) is 3.05. The van der Waals surface area contributed by atoms with E-state index in [1.807, 2.05) is 0 Å². The van der Waals surface area contributed by atoms with E-state index in [0.717, 1.165) is 0 Å². The van der Waals surface area contributed by atoms with Crippen LogP contribution in [0.2, 0.25) is 5.02 Å². The molecular formula is C10H13ClN2O3. The van der Waals surface area contributed by atoms with Gasteiger partial charge in [-0.05, 0) is 6.07 Å². The van der Waals surface area contributed by atoms with Gasteiger partial charge in [0.05, 0.1) is 17.8 Å². The minimum Gasteiger partial charge on any atom is -0.496 e. The van der Waals surface area contributed by atoms with Crippen molar-refractivity contribution in [2.75, 3.05) is 25.5 Å². The van der Waals surface area contributed by atoms with E-state index >= 15 is 0 Å². The summed E-state index contributed by atoms with van der Waals surface area (Å²) in [4.78, 5) is 10.9. The number of nitrogens with two attached hydrogens (primary N) is 1. The van der Waals surface area contributed by atoms with Crippen LogP contribution in [0.15, 0.2) is 12.1 Å². The summed E-state index contributed by atoms with van der Waals surface area (Å²) in [6, 6.07) is 2.89. The van der Waals surface area contributed by atoms with Crippen LogP contribution in [0, 0.1) is 0 Å². The van der Waals surface area contributed by atoms with E-state index in [4.69, 9.17) is 27.2 Å². The van der Waals surface area contributed by atoms with Crippen LogP contribution in [-0.4, -0.2) is 31.3 Å². The number of hydrogen-bond donors (Lipinski definition) is 3. The van der Waals surface area contributed by atoms with Gasteiger partial charge in [0.25, 0.3) is 0 Å². The Morgan fingerprint density at radius 2 is 2.31 bits per heavy atom. The molecule has 4 N–H and O–H groups in total. The van der Waals surface area contributed by atoms with E-state index in [2.05, 4.69) is 5.32 Å². The number of rotatable bonds is 5. The number of nitrogens with one attached hydrogen (secondary N) is 1. The van der Waals surface area contributed by atoms with Crippen LogP contribution in [0.3, 0.4) is 0 Å². The zero-order chi connectivity index (χ0) is 12.1. The second kappa shape index (κ2) is 5.58. The molecule has 1 aromatic carbocycles. The maximum absolute atomic E-state index is 10.9. The number of anilines is 1. The molecule has 0 bridgehead atoms. The van der Waals surface area contributed by atoms with E-state index in [9.17, 15) is 4.79 Å². The smallest absolute Gasteiger partial charge is 0.339 e. The summed E-state index contributed by atoms with van der Waals surface area (Å²) in [7, 11) is 1.41. The predicted molar refractivity (Wildman–Crippen MR) is 62.5 cm³/mol. The first-order chi connectivity index (χ1) is 7.60.